The van der Waals surface area contributed by atoms with Crippen LogP contribution in [0.2, 0.25) is 0 Å². The molecular formula is C24H24N4O2. The summed E-state index contributed by atoms with van der Waals surface area (Å²) in [5, 5.41) is 3.01. The molecule has 3 heterocycles. The van der Waals surface area contributed by atoms with Gasteiger partial charge in [0.15, 0.2) is 0 Å². The Kier molecular flexibility index (Phi) is 5.75. The Hall–Kier alpha value is -3.67. The van der Waals surface area contributed by atoms with Crippen molar-refractivity contribution in [3.63, 3.8) is 0 Å². The van der Waals surface area contributed by atoms with Crippen LogP contribution in [-0.2, 0) is 11.3 Å². The Labute approximate surface area is 175 Å². The van der Waals surface area contributed by atoms with Crippen LogP contribution in [0, 0.1) is 6.92 Å². The van der Waals surface area contributed by atoms with Crippen molar-refractivity contribution in [2.75, 3.05) is 7.11 Å². The van der Waals surface area contributed by atoms with Gasteiger partial charge in [-0.2, -0.15) is 0 Å². The van der Waals surface area contributed by atoms with Crippen molar-refractivity contribution >= 4 is 11.6 Å². The predicted molar refractivity (Wildman–Crippen MR) is 115 cm³/mol. The van der Waals surface area contributed by atoms with Gasteiger partial charge in [0.1, 0.15) is 11.4 Å². The van der Waals surface area contributed by atoms with E-state index in [1.165, 1.54) is 0 Å². The molecular weight excluding hydrogens is 376 g/mol. The molecule has 4 aromatic rings. The van der Waals surface area contributed by atoms with Crippen LogP contribution >= 0.6 is 0 Å². The average Bonchev–Trinajstić information content (AvgIpc) is 3.22. The van der Waals surface area contributed by atoms with E-state index in [1.54, 1.807) is 19.5 Å². The summed E-state index contributed by atoms with van der Waals surface area (Å²) < 4.78 is 7.47. The number of imidazole rings is 1. The second kappa shape index (κ2) is 8.78. The van der Waals surface area contributed by atoms with E-state index in [1.807, 2.05) is 67.8 Å². The number of nitrogens with zero attached hydrogens (tertiary/aromatic N) is 3. The molecule has 4 rings (SSSR count). The number of ether oxygens (including phenoxy) is 1. The summed E-state index contributed by atoms with van der Waals surface area (Å²) >= 11 is 0. The van der Waals surface area contributed by atoms with Crippen LogP contribution in [-0.4, -0.2) is 27.4 Å². The van der Waals surface area contributed by atoms with Crippen LogP contribution in [0.25, 0.3) is 5.65 Å². The number of carbonyl (C=O) groups excluding carboxylic acids is 1. The third-order valence-corrected chi connectivity index (χ3v) is 5.21. The molecule has 0 aliphatic rings. The van der Waals surface area contributed by atoms with E-state index >= 15 is 0 Å². The quantitative estimate of drug-likeness (QED) is 0.511. The summed E-state index contributed by atoms with van der Waals surface area (Å²) in [6.07, 6.45) is 7.63. The standard InChI is InChI=1S/C24H24N4O2/c1-17-6-5-11-28-22(16-27-24(17)28)21(19-8-3-9-20(12-19)30-2)13-23(29)26-15-18-7-4-10-25-14-18/h3-12,14,16,21H,13,15H2,1-2H3,(H,26,29)/t21-/m1/s1. The smallest absolute Gasteiger partial charge is 0.221 e. The first-order valence-corrected chi connectivity index (χ1v) is 9.88. The number of fused-ring (bicyclic) bond motifs is 1. The van der Waals surface area contributed by atoms with Crippen molar-refractivity contribution in [2.45, 2.75) is 25.8 Å². The number of carbonyl (C=O) groups is 1. The molecule has 0 fully saturated rings. The van der Waals surface area contributed by atoms with Gasteiger partial charge in [0, 0.05) is 43.7 Å². The molecule has 1 aromatic carbocycles. The summed E-state index contributed by atoms with van der Waals surface area (Å²) in [5.74, 6) is 0.568. The highest BCUT2D eigenvalue weighted by Gasteiger charge is 2.22. The minimum Gasteiger partial charge on any atom is -0.497 e. The van der Waals surface area contributed by atoms with E-state index in [-0.39, 0.29) is 11.8 Å². The zero-order chi connectivity index (χ0) is 20.9. The molecule has 1 atom stereocenters. The molecule has 1 N–H and O–H groups in total. The molecule has 30 heavy (non-hydrogen) atoms. The van der Waals surface area contributed by atoms with Gasteiger partial charge >= 0.3 is 0 Å². The third-order valence-electron chi connectivity index (χ3n) is 5.21. The first-order valence-electron chi connectivity index (χ1n) is 9.88. The molecule has 3 aromatic heterocycles. The number of pyridine rings is 2. The molecule has 0 radical (unpaired) electrons. The molecule has 0 aliphatic carbocycles. The summed E-state index contributed by atoms with van der Waals surface area (Å²) in [7, 11) is 1.65. The lowest BCUT2D eigenvalue weighted by atomic mass is 9.92. The van der Waals surface area contributed by atoms with Gasteiger partial charge in [-0.3, -0.25) is 9.78 Å². The molecule has 0 spiro atoms. The molecule has 0 aliphatic heterocycles. The fraction of sp³-hybridized carbons (Fsp3) is 0.208. The van der Waals surface area contributed by atoms with E-state index in [4.69, 9.17) is 4.74 Å². The average molecular weight is 400 g/mol. The summed E-state index contributed by atoms with van der Waals surface area (Å²) in [6, 6.07) is 15.7. The van der Waals surface area contributed by atoms with Gasteiger partial charge in [0.05, 0.1) is 12.8 Å². The van der Waals surface area contributed by atoms with E-state index in [0.717, 1.165) is 33.8 Å². The van der Waals surface area contributed by atoms with Crippen molar-refractivity contribution in [2.24, 2.45) is 0 Å². The van der Waals surface area contributed by atoms with Crippen LogP contribution in [0.4, 0.5) is 0 Å². The van der Waals surface area contributed by atoms with Crippen LogP contribution in [0.1, 0.15) is 34.7 Å². The Morgan fingerprint density at radius 2 is 2.07 bits per heavy atom. The number of rotatable bonds is 7. The number of hydrogen-bond donors (Lipinski definition) is 1. The zero-order valence-corrected chi connectivity index (χ0v) is 17.1. The minimum atomic E-state index is -0.161. The van der Waals surface area contributed by atoms with E-state index in [2.05, 4.69) is 19.7 Å². The molecule has 1 amide bonds. The van der Waals surface area contributed by atoms with Crippen LogP contribution < -0.4 is 10.1 Å². The third kappa shape index (κ3) is 4.17. The van der Waals surface area contributed by atoms with Crippen molar-refractivity contribution in [1.82, 2.24) is 19.7 Å². The van der Waals surface area contributed by atoms with Crippen LogP contribution in [0.15, 0.2) is 73.3 Å². The Morgan fingerprint density at radius 1 is 1.17 bits per heavy atom. The fourth-order valence-corrected chi connectivity index (χ4v) is 3.64. The number of benzene rings is 1. The van der Waals surface area contributed by atoms with E-state index in [9.17, 15) is 4.79 Å². The Bertz CT molecular complexity index is 1150. The Morgan fingerprint density at radius 3 is 2.87 bits per heavy atom. The van der Waals surface area contributed by atoms with Gasteiger partial charge in [-0.25, -0.2) is 4.98 Å². The monoisotopic (exact) mass is 400 g/mol. The zero-order valence-electron chi connectivity index (χ0n) is 17.1. The van der Waals surface area contributed by atoms with Gasteiger partial charge in [-0.05, 0) is 47.9 Å². The first-order chi connectivity index (χ1) is 14.7. The van der Waals surface area contributed by atoms with E-state index in [0.29, 0.717) is 13.0 Å². The summed E-state index contributed by atoms with van der Waals surface area (Å²) in [4.78, 5) is 21.6. The van der Waals surface area contributed by atoms with Crippen molar-refractivity contribution in [3.05, 3.63) is 95.7 Å². The molecule has 0 unspecified atom stereocenters. The maximum Gasteiger partial charge on any atom is 0.221 e. The van der Waals surface area contributed by atoms with E-state index < -0.39 is 0 Å². The van der Waals surface area contributed by atoms with Gasteiger partial charge in [-0.15, -0.1) is 0 Å². The summed E-state index contributed by atoms with van der Waals surface area (Å²) in [6.45, 7) is 2.48. The van der Waals surface area contributed by atoms with Crippen LogP contribution in [0.3, 0.4) is 0 Å². The topological polar surface area (TPSA) is 68.5 Å². The normalized spacial score (nSPS) is 11.9. The van der Waals surface area contributed by atoms with Crippen molar-refractivity contribution < 1.29 is 9.53 Å². The summed E-state index contributed by atoms with van der Waals surface area (Å²) in [5.41, 5.74) is 4.94. The number of amides is 1. The second-order valence-corrected chi connectivity index (χ2v) is 7.24. The number of hydrogen-bond acceptors (Lipinski definition) is 4. The maximum atomic E-state index is 12.9. The van der Waals surface area contributed by atoms with Crippen molar-refractivity contribution in [3.8, 4) is 5.75 Å². The SMILES string of the molecule is COc1cccc([C@@H](CC(=O)NCc2cccnc2)c2cnc3c(C)cccn23)c1. The molecule has 6 nitrogen and oxygen atoms in total. The number of aromatic nitrogens is 3. The van der Waals surface area contributed by atoms with Gasteiger partial charge in [0.25, 0.3) is 0 Å². The molecule has 0 saturated heterocycles. The molecule has 6 heteroatoms. The van der Waals surface area contributed by atoms with Crippen molar-refractivity contribution in [1.29, 1.82) is 0 Å². The molecule has 152 valence electrons. The lowest BCUT2D eigenvalue weighted by molar-refractivity contribution is -0.121. The maximum absolute atomic E-state index is 12.9. The highest BCUT2D eigenvalue weighted by atomic mass is 16.5. The number of aryl methyl sites for hydroxylation is 1. The van der Waals surface area contributed by atoms with Gasteiger partial charge in [-0.1, -0.05) is 24.3 Å². The number of nitrogens with one attached hydrogen (secondary N) is 1. The fourth-order valence-electron chi connectivity index (χ4n) is 3.64. The van der Waals surface area contributed by atoms with Gasteiger partial charge < -0.3 is 14.5 Å². The highest BCUT2D eigenvalue weighted by Crippen LogP contribution is 2.31. The van der Waals surface area contributed by atoms with Gasteiger partial charge in [0.2, 0.25) is 5.91 Å². The Balaban J connectivity index is 1.65. The lowest BCUT2D eigenvalue weighted by Gasteiger charge is -2.18. The van der Waals surface area contributed by atoms with Crippen LogP contribution in [0.5, 0.6) is 5.75 Å². The molecule has 0 bridgehead atoms. The predicted octanol–water partition coefficient (Wildman–Crippen LogP) is 3.88. The largest absolute Gasteiger partial charge is 0.497 e. The molecule has 0 saturated carbocycles. The number of methoxy groups -OCH3 is 1. The second-order valence-electron chi connectivity index (χ2n) is 7.24. The first kappa shape index (κ1) is 19.6. The highest BCUT2D eigenvalue weighted by molar-refractivity contribution is 5.77. The lowest BCUT2D eigenvalue weighted by Crippen LogP contribution is -2.25. The minimum absolute atomic E-state index is 0.0331.